The highest BCUT2D eigenvalue weighted by molar-refractivity contribution is 6.14. The fourth-order valence-electron chi connectivity index (χ4n) is 7.49. The molecule has 0 saturated heterocycles. The number of fused-ring (bicyclic) bond motifs is 6. The van der Waals surface area contributed by atoms with Gasteiger partial charge in [0.15, 0.2) is 0 Å². The molecule has 0 aliphatic carbocycles. The van der Waals surface area contributed by atoms with E-state index in [4.69, 9.17) is 8.83 Å². The molecule has 0 unspecified atom stereocenters. The van der Waals surface area contributed by atoms with Gasteiger partial charge in [0.1, 0.15) is 22.3 Å². The van der Waals surface area contributed by atoms with Gasteiger partial charge in [-0.2, -0.15) is 0 Å². The minimum atomic E-state index is 0.861. The third kappa shape index (κ3) is 4.98. The molecule has 10 aromatic rings. The second-order valence-electron chi connectivity index (χ2n) is 12.9. The van der Waals surface area contributed by atoms with Gasteiger partial charge in [-0.1, -0.05) is 133 Å². The number of rotatable bonds is 6. The van der Waals surface area contributed by atoms with Crippen LogP contribution >= 0.6 is 0 Å². The molecule has 0 bridgehead atoms. The van der Waals surface area contributed by atoms with Gasteiger partial charge >= 0.3 is 0 Å². The van der Waals surface area contributed by atoms with Crippen LogP contribution < -0.4 is 4.90 Å². The number of nitrogens with zero attached hydrogens (tertiary/aromatic N) is 1. The Kier molecular flexibility index (Phi) is 6.81. The monoisotopic (exact) mass is 653 g/mol. The molecule has 0 spiro atoms. The Morgan fingerprint density at radius 3 is 1.49 bits per heavy atom. The summed E-state index contributed by atoms with van der Waals surface area (Å²) in [5.41, 5.74) is 13.7. The summed E-state index contributed by atoms with van der Waals surface area (Å²) in [6.45, 7) is 0. The number of anilines is 3. The Morgan fingerprint density at radius 2 is 0.804 bits per heavy atom. The second kappa shape index (κ2) is 11.9. The summed E-state index contributed by atoms with van der Waals surface area (Å²) >= 11 is 0. The van der Waals surface area contributed by atoms with Gasteiger partial charge in [0, 0.05) is 27.5 Å². The Bertz CT molecular complexity index is 2840. The van der Waals surface area contributed by atoms with Crippen LogP contribution in [0.3, 0.4) is 0 Å². The van der Waals surface area contributed by atoms with Crippen LogP contribution in [0, 0.1) is 0 Å². The van der Waals surface area contributed by atoms with Crippen LogP contribution in [0.15, 0.2) is 197 Å². The van der Waals surface area contributed by atoms with Gasteiger partial charge in [-0.15, -0.1) is 0 Å². The Hall–Kier alpha value is -6.84. The number of furan rings is 2. The van der Waals surface area contributed by atoms with Crippen molar-refractivity contribution in [1.82, 2.24) is 0 Å². The summed E-state index contributed by atoms with van der Waals surface area (Å²) in [6.07, 6.45) is 0. The molecule has 0 amide bonds. The minimum Gasteiger partial charge on any atom is -0.456 e. The molecule has 8 aromatic carbocycles. The van der Waals surface area contributed by atoms with E-state index in [9.17, 15) is 0 Å². The highest BCUT2D eigenvalue weighted by atomic mass is 16.3. The fourth-order valence-corrected chi connectivity index (χ4v) is 7.49. The summed E-state index contributed by atoms with van der Waals surface area (Å²) in [4.78, 5) is 2.35. The first-order valence-electron chi connectivity index (χ1n) is 17.3. The highest BCUT2D eigenvalue weighted by Gasteiger charge is 2.20. The molecule has 0 N–H and O–H groups in total. The molecule has 2 aromatic heterocycles. The lowest BCUT2D eigenvalue weighted by Crippen LogP contribution is -2.10. The lowest BCUT2D eigenvalue weighted by Gasteiger charge is -2.27. The lowest BCUT2D eigenvalue weighted by atomic mass is 9.98. The van der Waals surface area contributed by atoms with Crippen LogP contribution in [-0.4, -0.2) is 0 Å². The summed E-state index contributed by atoms with van der Waals surface area (Å²) in [5, 5.41) is 4.42. The van der Waals surface area contributed by atoms with Crippen LogP contribution in [0.5, 0.6) is 0 Å². The fraction of sp³-hybridized carbons (Fsp3) is 0. The first kappa shape index (κ1) is 29.1. The maximum absolute atomic E-state index is 6.37. The molecule has 0 atom stereocenters. The molecule has 51 heavy (non-hydrogen) atoms. The maximum atomic E-state index is 6.37. The van der Waals surface area contributed by atoms with Crippen LogP contribution in [0.25, 0.3) is 77.3 Å². The Labute approximate surface area is 295 Å². The van der Waals surface area contributed by atoms with E-state index in [1.807, 2.05) is 24.3 Å². The zero-order valence-electron chi connectivity index (χ0n) is 27.7. The van der Waals surface area contributed by atoms with Crippen molar-refractivity contribution in [2.24, 2.45) is 0 Å². The summed E-state index contributed by atoms with van der Waals surface area (Å²) in [6, 6.07) is 66.2. The van der Waals surface area contributed by atoms with E-state index in [2.05, 4.69) is 169 Å². The van der Waals surface area contributed by atoms with E-state index in [1.54, 1.807) is 0 Å². The van der Waals surface area contributed by atoms with Gasteiger partial charge in [0.25, 0.3) is 0 Å². The molecule has 2 heterocycles. The van der Waals surface area contributed by atoms with Crippen molar-refractivity contribution < 1.29 is 8.83 Å². The van der Waals surface area contributed by atoms with Crippen molar-refractivity contribution in [3.05, 3.63) is 188 Å². The lowest BCUT2D eigenvalue weighted by molar-refractivity contribution is 0.668. The predicted octanol–water partition coefficient (Wildman–Crippen LogP) is 14.0. The van der Waals surface area contributed by atoms with Gasteiger partial charge in [0.05, 0.1) is 11.1 Å². The molecule has 3 nitrogen and oxygen atoms in total. The van der Waals surface area contributed by atoms with Crippen LogP contribution in [-0.2, 0) is 0 Å². The van der Waals surface area contributed by atoms with Crippen molar-refractivity contribution in [3.63, 3.8) is 0 Å². The highest BCUT2D eigenvalue weighted by Crippen LogP contribution is 2.45. The topological polar surface area (TPSA) is 29.5 Å². The van der Waals surface area contributed by atoms with E-state index < -0.39 is 0 Å². The molecule has 0 aliphatic heterocycles. The van der Waals surface area contributed by atoms with Crippen molar-refractivity contribution in [2.75, 3.05) is 4.90 Å². The second-order valence-corrected chi connectivity index (χ2v) is 12.9. The van der Waals surface area contributed by atoms with Crippen LogP contribution in [0.4, 0.5) is 17.1 Å². The van der Waals surface area contributed by atoms with Crippen molar-refractivity contribution in [3.8, 4) is 33.4 Å². The summed E-state index contributed by atoms with van der Waals surface area (Å²) in [7, 11) is 0. The van der Waals surface area contributed by atoms with Crippen LogP contribution in [0.1, 0.15) is 0 Å². The zero-order valence-corrected chi connectivity index (χ0v) is 27.7. The van der Waals surface area contributed by atoms with Crippen molar-refractivity contribution in [1.29, 1.82) is 0 Å². The van der Waals surface area contributed by atoms with Crippen molar-refractivity contribution >= 4 is 60.9 Å². The molecule has 10 rings (SSSR count). The van der Waals surface area contributed by atoms with E-state index in [-0.39, 0.29) is 0 Å². The van der Waals surface area contributed by atoms with E-state index in [0.29, 0.717) is 0 Å². The third-order valence-electron chi connectivity index (χ3n) is 9.89. The largest absolute Gasteiger partial charge is 0.456 e. The average molecular weight is 654 g/mol. The van der Waals surface area contributed by atoms with Gasteiger partial charge < -0.3 is 13.7 Å². The normalized spacial score (nSPS) is 11.5. The minimum absolute atomic E-state index is 0.861. The van der Waals surface area contributed by atoms with Gasteiger partial charge in [-0.3, -0.25) is 0 Å². The quantitative estimate of drug-likeness (QED) is 0.179. The standard InChI is InChI=1S/C48H31NO2/c1-2-11-32(12-3-1)33-23-25-34(26-24-33)35-27-29-37(30-28-35)49(42-18-10-22-46-48(42)41-16-5-7-20-44(41)51-46)38-14-8-13-36(31-38)39-17-9-21-45-47(39)40-15-4-6-19-43(40)50-45/h1-31H. The van der Waals surface area contributed by atoms with Crippen molar-refractivity contribution in [2.45, 2.75) is 0 Å². The molecule has 3 heteroatoms. The molecule has 0 fully saturated rings. The van der Waals surface area contributed by atoms with Crippen LogP contribution in [0.2, 0.25) is 0 Å². The zero-order chi connectivity index (χ0) is 33.7. The molecule has 240 valence electrons. The Balaban J connectivity index is 1.12. The number of hydrogen-bond acceptors (Lipinski definition) is 3. The van der Waals surface area contributed by atoms with Gasteiger partial charge in [-0.05, 0) is 88.0 Å². The van der Waals surface area contributed by atoms with Gasteiger partial charge in [-0.25, -0.2) is 0 Å². The average Bonchev–Trinajstić information content (AvgIpc) is 3.78. The smallest absolute Gasteiger partial charge is 0.137 e. The first-order valence-corrected chi connectivity index (χ1v) is 17.3. The Morgan fingerprint density at radius 1 is 0.314 bits per heavy atom. The molecular weight excluding hydrogens is 623 g/mol. The van der Waals surface area contributed by atoms with E-state index in [0.717, 1.165) is 77.6 Å². The number of para-hydroxylation sites is 2. The summed E-state index contributed by atoms with van der Waals surface area (Å²) < 4.78 is 12.6. The third-order valence-corrected chi connectivity index (χ3v) is 9.89. The molecule has 0 aliphatic rings. The van der Waals surface area contributed by atoms with Gasteiger partial charge in [0.2, 0.25) is 0 Å². The van der Waals surface area contributed by atoms with E-state index >= 15 is 0 Å². The maximum Gasteiger partial charge on any atom is 0.137 e. The predicted molar refractivity (Wildman–Crippen MR) is 212 cm³/mol. The SMILES string of the molecule is c1ccc(-c2ccc(-c3ccc(N(c4cccc(-c5cccc6oc7ccccc7c56)c4)c4cccc5oc6ccccc6c45)cc3)cc2)cc1. The molecule has 0 saturated carbocycles. The number of hydrogen-bond donors (Lipinski definition) is 0. The summed E-state index contributed by atoms with van der Waals surface area (Å²) in [5.74, 6) is 0. The number of benzene rings is 8. The molecular formula is C48H31NO2. The molecule has 0 radical (unpaired) electrons. The first-order chi connectivity index (χ1) is 25.3. The van der Waals surface area contributed by atoms with E-state index in [1.165, 1.54) is 16.7 Å².